The molecule has 19 heavy (non-hydrogen) atoms. The van der Waals surface area contributed by atoms with Crippen molar-refractivity contribution in [3.63, 3.8) is 0 Å². The fourth-order valence-corrected chi connectivity index (χ4v) is 3.02. The van der Waals surface area contributed by atoms with E-state index in [1.54, 1.807) is 0 Å². The van der Waals surface area contributed by atoms with Crippen molar-refractivity contribution in [1.82, 2.24) is 5.32 Å². The van der Waals surface area contributed by atoms with Crippen LogP contribution in [-0.4, -0.2) is 23.7 Å². The predicted molar refractivity (Wildman–Crippen MR) is 78.9 cm³/mol. The molecule has 1 aliphatic rings. The zero-order valence-corrected chi connectivity index (χ0v) is 12.7. The van der Waals surface area contributed by atoms with Crippen LogP contribution >= 0.6 is 0 Å². The standard InChI is InChI=1S/C16H31NO2/c1-13(2)15(11-12-18)17-16(19)10-6-9-14-7-4-3-5-8-14/h13-15,18H,3-12H2,1-2H3,(H,17,19). The molecule has 1 unspecified atom stereocenters. The number of aliphatic hydroxyl groups excluding tert-OH is 1. The van der Waals surface area contributed by atoms with E-state index in [1.807, 2.05) is 0 Å². The van der Waals surface area contributed by atoms with Crippen LogP contribution in [-0.2, 0) is 4.79 Å². The van der Waals surface area contributed by atoms with E-state index in [0.717, 1.165) is 12.3 Å². The summed E-state index contributed by atoms with van der Waals surface area (Å²) in [5.74, 6) is 1.40. The lowest BCUT2D eigenvalue weighted by Crippen LogP contribution is -2.39. The molecule has 2 N–H and O–H groups in total. The first kappa shape index (κ1) is 16.5. The van der Waals surface area contributed by atoms with Gasteiger partial charge in [-0.3, -0.25) is 4.79 Å². The molecule has 0 aromatic heterocycles. The Bertz CT molecular complexity index is 247. The second kappa shape index (κ2) is 9.35. The van der Waals surface area contributed by atoms with Gasteiger partial charge in [-0.1, -0.05) is 46.0 Å². The third-order valence-corrected chi connectivity index (χ3v) is 4.33. The average molecular weight is 269 g/mol. The van der Waals surface area contributed by atoms with E-state index in [4.69, 9.17) is 5.11 Å². The normalized spacial score (nSPS) is 18.5. The van der Waals surface area contributed by atoms with E-state index < -0.39 is 0 Å². The van der Waals surface area contributed by atoms with Crippen LogP contribution in [0.3, 0.4) is 0 Å². The maximum Gasteiger partial charge on any atom is 0.220 e. The largest absolute Gasteiger partial charge is 0.396 e. The number of hydrogen-bond acceptors (Lipinski definition) is 2. The number of rotatable bonds is 8. The number of hydrogen-bond donors (Lipinski definition) is 2. The molecule has 0 aromatic carbocycles. The summed E-state index contributed by atoms with van der Waals surface area (Å²) in [6, 6.07) is 0.118. The van der Waals surface area contributed by atoms with Crippen LogP contribution in [0.2, 0.25) is 0 Å². The van der Waals surface area contributed by atoms with Gasteiger partial charge >= 0.3 is 0 Å². The van der Waals surface area contributed by atoms with Crippen LogP contribution in [0.25, 0.3) is 0 Å². The van der Waals surface area contributed by atoms with Gasteiger partial charge < -0.3 is 10.4 Å². The first-order valence-corrected chi connectivity index (χ1v) is 8.03. The molecule has 0 spiro atoms. The number of carbonyl (C=O) groups excluding carboxylic acids is 1. The van der Waals surface area contributed by atoms with Crippen LogP contribution in [0.1, 0.15) is 71.6 Å². The molecule has 112 valence electrons. The van der Waals surface area contributed by atoms with Gasteiger partial charge in [0.15, 0.2) is 0 Å². The zero-order chi connectivity index (χ0) is 14.1. The minimum Gasteiger partial charge on any atom is -0.396 e. The summed E-state index contributed by atoms with van der Waals surface area (Å²) in [6.45, 7) is 4.32. The molecular weight excluding hydrogens is 238 g/mol. The smallest absolute Gasteiger partial charge is 0.220 e. The molecular formula is C16H31NO2. The summed E-state index contributed by atoms with van der Waals surface area (Å²) in [5, 5.41) is 12.0. The van der Waals surface area contributed by atoms with Gasteiger partial charge in [-0.05, 0) is 31.1 Å². The van der Waals surface area contributed by atoms with E-state index >= 15 is 0 Å². The molecule has 1 fully saturated rings. The van der Waals surface area contributed by atoms with Crippen molar-refractivity contribution < 1.29 is 9.90 Å². The third kappa shape index (κ3) is 6.95. The number of nitrogens with one attached hydrogen (secondary N) is 1. The Balaban J connectivity index is 2.15. The molecule has 3 heteroatoms. The van der Waals surface area contributed by atoms with Crippen LogP contribution < -0.4 is 5.32 Å². The summed E-state index contributed by atoms with van der Waals surface area (Å²) in [5.41, 5.74) is 0. The molecule has 0 heterocycles. The Morgan fingerprint density at radius 1 is 1.26 bits per heavy atom. The number of amides is 1. The third-order valence-electron chi connectivity index (χ3n) is 4.33. The molecule has 1 saturated carbocycles. The Kier molecular flexibility index (Phi) is 8.11. The van der Waals surface area contributed by atoms with Crippen LogP contribution in [0, 0.1) is 11.8 Å². The highest BCUT2D eigenvalue weighted by atomic mass is 16.3. The van der Waals surface area contributed by atoms with Gasteiger partial charge in [0.2, 0.25) is 5.91 Å². The summed E-state index contributed by atoms with van der Waals surface area (Å²) in [6.07, 6.45) is 10.4. The van der Waals surface area contributed by atoms with Gasteiger partial charge in [-0.25, -0.2) is 0 Å². The first-order valence-electron chi connectivity index (χ1n) is 8.03. The Morgan fingerprint density at radius 2 is 1.95 bits per heavy atom. The average Bonchev–Trinajstić information content (AvgIpc) is 2.39. The van der Waals surface area contributed by atoms with E-state index in [9.17, 15) is 4.79 Å². The Hall–Kier alpha value is -0.570. The van der Waals surface area contributed by atoms with Crippen molar-refractivity contribution in [2.45, 2.75) is 77.7 Å². The molecule has 1 amide bonds. The van der Waals surface area contributed by atoms with Gasteiger partial charge in [0, 0.05) is 19.1 Å². The highest BCUT2D eigenvalue weighted by Crippen LogP contribution is 2.27. The molecule has 1 atom stereocenters. The number of aliphatic hydroxyl groups is 1. The van der Waals surface area contributed by atoms with Crippen molar-refractivity contribution in [3.05, 3.63) is 0 Å². The van der Waals surface area contributed by atoms with Crippen LogP contribution in [0.5, 0.6) is 0 Å². The number of carbonyl (C=O) groups is 1. The van der Waals surface area contributed by atoms with Gasteiger partial charge in [0.25, 0.3) is 0 Å². The maximum absolute atomic E-state index is 11.9. The highest BCUT2D eigenvalue weighted by Gasteiger charge is 2.17. The van der Waals surface area contributed by atoms with Gasteiger partial charge in [-0.15, -0.1) is 0 Å². The SMILES string of the molecule is CC(C)C(CCO)NC(=O)CCCC1CCCCC1. The fraction of sp³-hybridized carbons (Fsp3) is 0.938. The minimum absolute atomic E-state index is 0.118. The molecule has 1 rings (SSSR count). The second-order valence-electron chi connectivity index (χ2n) is 6.33. The van der Waals surface area contributed by atoms with Crippen molar-refractivity contribution in [1.29, 1.82) is 0 Å². The van der Waals surface area contributed by atoms with Crippen molar-refractivity contribution >= 4 is 5.91 Å². The van der Waals surface area contributed by atoms with Gasteiger partial charge in [0.05, 0.1) is 0 Å². The second-order valence-corrected chi connectivity index (χ2v) is 6.33. The topological polar surface area (TPSA) is 49.3 Å². The van der Waals surface area contributed by atoms with Crippen molar-refractivity contribution in [2.75, 3.05) is 6.61 Å². The zero-order valence-electron chi connectivity index (χ0n) is 12.7. The van der Waals surface area contributed by atoms with Crippen LogP contribution in [0.15, 0.2) is 0 Å². The van der Waals surface area contributed by atoms with E-state index in [-0.39, 0.29) is 18.6 Å². The van der Waals surface area contributed by atoms with E-state index in [2.05, 4.69) is 19.2 Å². The quantitative estimate of drug-likeness (QED) is 0.710. The highest BCUT2D eigenvalue weighted by molar-refractivity contribution is 5.76. The van der Waals surface area contributed by atoms with Gasteiger partial charge in [-0.2, -0.15) is 0 Å². The van der Waals surface area contributed by atoms with Gasteiger partial charge in [0.1, 0.15) is 0 Å². The maximum atomic E-state index is 11.9. The van der Waals surface area contributed by atoms with Crippen LogP contribution in [0.4, 0.5) is 0 Å². The Morgan fingerprint density at radius 3 is 2.53 bits per heavy atom. The lowest BCUT2D eigenvalue weighted by Gasteiger charge is -2.23. The lowest BCUT2D eigenvalue weighted by molar-refractivity contribution is -0.122. The van der Waals surface area contributed by atoms with E-state index in [1.165, 1.54) is 38.5 Å². The van der Waals surface area contributed by atoms with Crippen molar-refractivity contribution in [2.24, 2.45) is 11.8 Å². The molecule has 1 aliphatic carbocycles. The summed E-state index contributed by atoms with van der Waals surface area (Å²) in [4.78, 5) is 11.9. The summed E-state index contributed by atoms with van der Waals surface area (Å²) < 4.78 is 0. The van der Waals surface area contributed by atoms with Crippen molar-refractivity contribution in [3.8, 4) is 0 Å². The fourth-order valence-electron chi connectivity index (χ4n) is 3.02. The van der Waals surface area contributed by atoms with E-state index in [0.29, 0.717) is 18.8 Å². The molecule has 0 bridgehead atoms. The summed E-state index contributed by atoms with van der Waals surface area (Å²) in [7, 11) is 0. The lowest BCUT2D eigenvalue weighted by atomic mass is 9.86. The predicted octanol–water partition coefficient (Wildman–Crippen LogP) is 3.26. The molecule has 0 aromatic rings. The monoisotopic (exact) mass is 269 g/mol. The minimum atomic E-state index is 0.118. The molecule has 0 saturated heterocycles. The molecule has 3 nitrogen and oxygen atoms in total. The first-order chi connectivity index (χ1) is 9.13. The Labute approximate surface area is 118 Å². The molecule has 0 radical (unpaired) electrons. The summed E-state index contributed by atoms with van der Waals surface area (Å²) >= 11 is 0. The molecule has 0 aliphatic heterocycles.